The first-order valence-electron chi connectivity index (χ1n) is 17.4. The molecule has 0 unspecified atom stereocenters. The van der Waals surface area contributed by atoms with Crippen molar-refractivity contribution in [2.45, 2.75) is 46.5 Å². The zero-order valence-corrected chi connectivity index (χ0v) is 28.5. The summed E-state index contributed by atoms with van der Waals surface area (Å²) in [6, 6.07) is 26.2. The molecule has 3 aliphatic rings. The van der Waals surface area contributed by atoms with Crippen molar-refractivity contribution in [2.75, 3.05) is 59.5 Å². The van der Waals surface area contributed by atoms with E-state index >= 15 is 0 Å². The first kappa shape index (κ1) is 30.3. The predicted molar refractivity (Wildman–Crippen MR) is 198 cm³/mol. The van der Waals surface area contributed by atoms with Crippen molar-refractivity contribution < 1.29 is 4.74 Å². The Balaban J connectivity index is 1.22. The van der Waals surface area contributed by atoms with Gasteiger partial charge in [-0.05, 0) is 105 Å². The number of ether oxygens (including phenoxy) is 1. The van der Waals surface area contributed by atoms with Crippen LogP contribution in [0.3, 0.4) is 0 Å². The first-order chi connectivity index (χ1) is 23.4. The number of hydrogen-bond acceptors (Lipinski definition) is 7. The lowest BCUT2D eigenvalue weighted by Gasteiger charge is -2.24. The maximum atomic E-state index is 7.01. The van der Waals surface area contributed by atoms with Gasteiger partial charge in [-0.15, -0.1) is 0 Å². The molecule has 0 aliphatic carbocycles. The second-order valence-electron chi connectivity index (χ2n) is 13.7. The highest BCUT2D eigenvalue weighted by molar-refractivity contribution is 5.85. The van der Waals surface area contributed by atoms with E-state index in [1.54, 1.807) is 0 Å². The van der Waals surface area contributed by atoms with Gasteiger partial charge in [0.25, 0.3) is 0 Å². The molecule has 2 saturated heterocycles. The molecule has 0 radical (unpaired) electrons. The molecule has 2 aromatic heterocycles. The molecule has 244 valence electrons. The van der Waals surface area contributed by atoms with Crippen LogP contribution in [-0.2, 0) is 0 Å². The van der Waals surface area contributed by atoms with Crippen LogP contribution in [0, 0.1) is 20.8 Å². The minimum atomic E-state index is 0.769. The van der Waals surface area contributed by atoms with Crippen LogP contribution >= 0.6 is 0 Å². The average Bonchev–Trinajstić information content (AvgIpc) is 3.87. The molecule has 0 bridgehead atoms. The van der Waals surface area contributed by atoms with Crippen LogP contribution in [0.5, 0.6) is 11.5 Å². The van der Waals surface area contributed by atoms with Crippen molar-refractivity contribution >= 4 is 28.4 Å². The molecule has 7 nitrogen and oxygen atoms in total. The molecule has 0 atom stereocenters. The number of para-hydroxylation sites is 2. The van der Waals surface area contributed by atoms with Crippen LogP contribution < -0.4 is 24.3 Å². The first-order valence-corrected chi connectivity index (χ1v) is 17.4. The summed E-state index contributed by atoms with van der Waals surface area (Å²) in [5, 5.41) is 0. The van der Waals surface area contributed by atoms with Crippen molar-refractivity contribution in [3.8, 4) is 34.0 Å². The Hall–Kier alpha value is -5.04. The number of hydrogen-bond donors (Lipinski definition) is 0. The molecule has 0 N–H and O–H groups in total. The third kappa shape index (κ3) is 5.72. The van der Waals surface area contributed by atoms with Gasteiger partial charge < -0.3 is 24.3 Å². The predicted octanol–water partition coefficient (Wildman–Crippen LogP) is 9.27. The van der Waals surface area contributed by atoms with Gasteiger partial charge in [-0.25, -0.2) is 0 Å². The summed E-state index contributed by atoms with van der Waals surface area (Å²) < 4.78 is 7.01. The van der Waals surface area contributed by atoms with Crippen LogP contribution in [0.4, 0.5) is 28.4 Å². The number of fused-ring (bicyclic) bond motifs is 1. The number of pyridine rings is 2. The molecule has 0 spiro atoms. The van der Waals surface area contributed by atoms with E-state index in [0.717, 1.165) is 72.7 Å². The van der Waals surface area contributed by atoms with Gasteiger partial charge in [0.2, 0.25) is 0 Å². The summed E-state index contributed by atoms with van der Waals surface area (Å²) >= 11 is 0. The molecule has 5 aromatic rings. The molecule has 5 heterocycles. The molecule has 3 aliphatic heterocycles. The molecular formula is C41H44N6O. The number of benzene rings is 3. The van der Waals surface area contributed by atoms with Gasteiger partial charge in [0.1, 0.15) is 5.75 Å². The second-order valence-corrected chi connectivity index (χ2v) is 13.7. The number of aryl methyl sites for hydroxylation is 3. The van der Waals surface area contributed by atoms with Crippen LogP contribution in [0.2, 0.25) is 0 Å². The molecule has 3 aromatic carbocycles. The zero-order chi connectivity index (χ0) is 32.8. The highest BCUT2D eigenvalue weighted by atomic mass is 16.5. The lowest BCUT2D eigenvalue weighted by molar-refractivity contribution is 0.482. The number of nitrogens with zero attached hydrogens (tertiary/aromatic N) is 6. The van der Waals surface area contributed by atoms with Gasteiger partial charge >= 0.3 is 0 Å². The molecule has 8 rings (SSSR count). The van der Waals surface area contributed by atoms with Crippen LogP contribution in [0.15, 0.2) is 85.2 Å². The lowest BCUT2D eigenvalue weighted by Crippen LogP contribution is -2.24. The minimum Gasteiger partial charge on any atom is -0.455 e. The molecular weight excluding hydrogens is 592 g/mol. The Morgan fingerprint density at radius 1 is 0.625 bits per heavy atom. The fraction of sp³-hybridized carbons (Fsp3) is 0.317. The number of rotatable bonds is 7. The maximum absolute atomic E-state index is 7.01. The van der Waals surface area contributed by atoms with Crippen molar-refractivity contribution in [1.29, 1.82) is 0 Å². The normalized spacial score (nSPS) is 15.8. The van der Waals surface area contributed by atoms with E-state index in [9.17, 15) is 0 Å². The Morgan fingerprint density at radius 3 is 2.02 bits per heavy atom. The smallest absolute Gasteiger partial charge is 0.154 e. The standard InChI is InChI=1S/C41H44N6O/c1-28-19-29(2)41(30(3)20-28)31-21-33(47-27-44(4)37-11-5-6-12-38(37)47)23-34(22-31)48-40-24-36(43-26-39(40)46-17-9-10-18-46)35-14-13-32(25-42-35)45-15-7-8-16-45/h5-6,11-14,19-26H,7-10,15-18,27H2,1-4H3. The minimum absolute atomic E-state index is 0.769. The van der Waals surface area contributed by atoms with Crippen molar-refractivity contribution in [3.63, 3.8) is 0 Å². The van der Waals surface area contributed by atoms with Crippen molar-refractivity contribution in [2.24, 2.45) is 0 Å². The lowest BCUT2D eigenvalue weighted by atomic mass is 9.93. The highest BCUT2D eigenvalue weighted by Gasteiger charge is 2.26. The Bertz CT molecular complexity index is 1940. The molecule has 0 saturated carbocycles. The molecule has 7 heteroatoms. The SMILES string of the molecule is Cc1cc(C)c(-c2cc(Oc3cc(-c4ccc(N5CCCC5)cn4)ncc3N3CCCC3)cc(N3CN(C)c4ccccc43)c2)c(C)c1. The zero-order valence-electron chi connectivity index (χ0n) is 28.5. The fourth-order valence-corrected chi connectivity index (χ4v) is 7.85. The van der Waals surface area contributed by atoms with Gasteiger partial charge in [-0.1, -0.05) is 29.8 Å². The van der Waals surface area contributed by atoms with E-state index in [4.69, 9.17) is 14.7 Å². The molecule has 0 amide bonds. The summed E-state index contributed by atoms with van der Waals surface area (Å²) in [6.45, 7) is 11.6. The van der Waals surface area contributed by atoms with E-state index in [1.807, 2.05) is 12.4 Å². The Labute approximate surface area is 284 Å². The average molecular weight is 637 g/mol. The van der Waals surface area contributed by atoms with Crippen molar-refractivity contribution in [1.82, 2.24) is 9.97 Å². The van der Waals surface area contributed by atoms with Crippen LogP contribution in [0.1, 0.15) is 42.4 Å². The highest BCUT2D eigenvalue weighted by Crippen LogP contribution is 2.44. The third-order valence-corrected chi connectivity index (χ3v) is 10.1. The topological polar surface area (TPSA) is 48.0 Å². The summed E-state index contributed by atoms with van der Waals surface area (Å²) in [5.74, 6) is 1.62. The van der Waals surface area contributed by atoms with E-state index in [2.05, 4.69) is 120 Å². The van der Waals surface area contributed by atoms with Gasteiger partial charge in [0, 0.05) is 51.0 Å². The van der Waals surface area contributed by atoms with Gasteiger partial charge in [0.15, 0.2) is 5.75 Å². The monoisotopic (exact) mass is 636 g/mol. The largest absolute Gasteiger partial charge is 0.455 e. The Kier molecular flexibility index (Phi) is 7.91. The van der Waals surface area contributed by atoms with Crippen LogP contribution in [-0.4, -0.2) is 49.9 Å². The molecule has 2 fully saturated rings. The summed E-state index contributed by atoms with van der Waals surface area (Å²) in [5.41, 5.74) is 13.6. The maximum Gasteiger partial charge on any atom is 0.154 e. The fourth-order valence-electron chi connectivity index (χ4n) is 7.85. The summed E-state index contributed by atoms with van der Waals surface area (Å²) in [4.78, 5) is 19.3. The van der Waals surface area contributed by atoms with Crippen LogP contribution in [0.25, 0.3) is 22.5 Å². The van der Waals surface area contributed by atoms with Gasteiger partial charge in [-0.3, -0.25) is 9.97 Å². The third-order valence-electron chi connectivity index (χ3n) is 10.1. The number of anilines is 5. The van der Waals surface area contributed by atoms with E-state index in [0.29, 0.717) is 0 Å². The molecule has 48 heavy (non-hydrogen) atoms. The van der Waals surface area contributed by atoms with E-state index in [1.165, 1.54) is 65.0 Å². The summed E-state index contributed by atoms with van der Waals surface area (Å²) in [7, 11) is 2.15. The summed E-state index contributed by atoms with van der Waals surface area (Å²) in [6.07, 6.45) is 8.81. The van der Waals surface area contributed by atoms with Gasteiger partial charge in [0.05, 0.1) is 53.2 Å². The van der Waals surface area contributed by atoms with E-state index < -0.39 is 0 Å². The van der Waals surface area contributed by atoms with Crippen molar-refractivity contribution in [3.05, 3.63) is 102 Å². The second kappa shape index (κ2) is 12.5. The van der Waals surface area contributed by atoms with E-state index in [-0.39, 0.29) is 0 Å². The number of aromatic nitrogens is 2. The van der Waals surface area contributed by atoms with Gasteiger partial charge in [-0.2, -0.15) is 0 Å². The quantitative estimate of drug-likeness (QED) is 0.176. The Morgan fingerprint density at radius 2 is 1.31 bits per heavy atom.